The molecular weight excluding hydrogens is 442 g/mol. The predicted octanol–water partition coefficient (Wildman–Crippen LogP) is 3.68. The SMILES string of the molecule is CCOc1cc(=O)n(C)cc1-c1cc(CCNS(=O)O)ccc1OC1CCC(F)(F)CC1. The number of benzene rings is 1. The number of halogens is 2. The van der Waals surface area contributed by atoms with Gasteiger partial charge in [0.15, 0.2) is 0 Å². The molecule has 1 aromatic carbocycles. The minimum Gasteiger partial charge on any atom is -0.493 e. The number of aryl methyl sites for hydroxylation is 1. The molecule has 1 aliphatic carbocycles. The van der Waals surface area contributed by atoms with Crippen LogP contribution in [0.5, 0.6) is 11.5 Å². The summed E-state index contributed by atoms with van der Waals surface area (Å²) in [6.07, 6.45) is 1.90. The van der Waals surface area contributed by atoms with Gasteiger partial charge in [0.1, 0.15) is 11.5 Å². The Morgan fingerprint density at radius 2 is 1.94 bits per heavy atom. The molecule has 1 heterocycles. The molecule has 1 fully saturated rings. The molecule has 1 aliphatic rings. The lowest BCUT2D eigenvalue weighted by Gasteiger charge is -2.29. The van der Waals surface area contributed by atoms with Crippen molar-refractivity contribution in [1.29, 1.82) is 0 Å². The Bertz CT molecular complexity index is 1020. The van der Waals surface area contributed by atoms with Gasteiger partial charge in [-0.2, -0.15) is 0 Å². The Balaban J connectivity index is 1.97. The molecule has 10 heteroatoms. The van der Waals surface area contributed by atoms with E-state index in [9.17, 15) is 17.8 Å². The highest BCUT2D eigenvalue weighted by molar-refractivity contribution is 7.77. The van der Waals surface area contributed by atoms with Crippen molar-refractivity contribution in [3.05, 3.63) is 46.4 Å². The van der Waals surface area contributed by atoms with E-state index in [2.05, 4.69) is 4.72 Å². The van der Waals surface area contributed by atoms with Crippen LogP contribution >= 0.6 is 0 Å². The highest BCUT2D eigenvalue weighted by atomic mass is 32.2. The first-order valence-electron chi connectivity index (χ1n) is 10.5. The maximum Gasteiger partial charge on any atom is 0.254 e. The van der Waals surface area contributed by atoms with Crippen molar-refractivity contribution < 1.29 is 27.0 Å². The summed E-state index contributed by atoms with van der Waals surface area (Å²) in [5.41, 5.74) is 1.96. The lowest BCUT2D eigenvalue weighted by Crippen LogP contribution is -2.30. The smallest absolute Gasteiger partial charge is 0.254 e. The van der Waals surface area contributed by atoms with Crippen LogP contribution < -0.4 is 19.8 Å². The first kappa shape index (κ1) is 24.3. The zero-order chi connectivity index (χ0) is 23.3. The quantitative estimate of drug-likeness (QED) is 0.546. The van der Waals surface area contributed by atoms with Gasteiger partial charge in [-0.3, -0.25) is 9.35 Å². The van der Waals surface area contributed by atoms with Crippen molar-refractivity contribution in [3.63, 3.8) is 0 Å². The van der Waals surface area contributed by atoms with E-state index in [1.165, 1.54) is 10.6 Å². The van der Waals surface area contributed by atoms with E-state index in [1.807, 2.05) is 19.1 Å². The van der Waals surface area contributed by atoms with Gasteiger partial charge >= 0.3 is 0 Å². The van der Waals surface area contributed by atoms with Crippen molar-refractivity contribution in [2.24, 2.45) is 7.05 Å². The molecular formula is C22H28F2N2O5S. The summed E-state index contributed by atoms with van der Waals surface area (Å²) in [5.74, 6) is -1.73. The topological polar surface area (TPSA) is 89.8 Å². The number of alkyl halides is 2. The fourth-order valence-corrected chi connectivity index (χ4v) is 4.01. The van der Waals surface area contributed by atoms with Crippen LogP contribution in [0, 0.1) is 0 Å². The van der Waals surface area contributed by atoms with Crippen molar-refractivity contribution >= 4 is 11.3 Å². The van der Waals surface area contributed by atoms with E-state index < -0.39 is 17.2 Å². The summed E-state index contributed by atoms with van der Waals surface area (Å²) in [5, 5.41) is 0. The number of hydrogen-bond donors (Lipinski definition) is 2. The molecule has 0 spiro atoms. The minimum absolute atomic E-state index is 0.209. The number of aromatic nitrogens is 1. The first-order chi connectivity index (χ1) is 15.2. The van der Waals surface area contributed by atoms with E-state index in [1.54, 1.807) is 19.3 Å². The Hall–Kier alpha value is -2.30. The number of pyridine rings is 1. The largest absolute Gasteiger partial charge is 0.493 e. The molecule has 0 amide bonds. The van der Waals surface area contributed by atoms with Crippen molar-refractivity contribution in [2.45, 2.75) is 51.1 Å². The fourth-order valence-electron chi connectivity index (χ4n) is 3.73. The van der Waals surface area contributed by atoms with Crippen LogP contribution in [0.15, 0.2) is 35.3 Å². The van der Waals surface area contributed by atoms with Crippen molar-refractivity contribution in [1.82, 2.24) is 9.29 Å². The predicted molar refractivity (Wildman–Crippen MR) is 119 cm³/mol. The van der Waals surface area contributed by atoms with Crippen LogP contribution in [0.3, 0.4) is 0 Å². The molecule has 2 aromatic rings. The van der Waals surface area contributed by atoms with Gasteiger partial charge in [0.2, 0.25) is 17.2 Å². The van der Waals surface area contributed by atoms with Crippen LogP contribution in [0.4, 0.5) is 8.78 Å². The van der Waals surface area contributed by atoms with E-state index in [4.69, 9.17) is 14.0 Å². The van der Waals surface area contributed by atoms with Gasteiger partial charge in [-0.1, -0.05) is 6.07 Å². The number of hydrogen-bond acceptors (Lipinski definition) is 4. The highest BCUT2D eigenvalue weighted by Crippen LogP contribution is 2.40. The Kier molecular flexibility index (Phi) is 8.02. The number of nitrogens with one attached hydrogen (secondary N) is 1. The molecule has 2 N–H and O–H groups in total. The summed E-state index contributed by atoms with van der Waals surface area (Å²) in [6, 6.07) is 6.89. The molecule has 1 unspecified atom stereocenters. The van der Waals surface area contributed by atoms with E-state index in [-0.39, 0.29) is 43.9 Å². The summed E-state index contributed by atoms with van der Waals surface area (Å²) in [4.78, 5) is 12.2. The molecule has 0 radical (unpaired) electrons. The lowest BCUT2D eigenvalue weighted by molar-refractivity contribution is -0.0581. The third-order valence-corrected chi connectivity index (χ3v) is 5.87. The third kappa shape index (κ3) is 6.36. The second-order valence-corrected chi connectivity index (χ2v) is 8.62. The maximum absolute atomic E-state index is 13.6. The molecule has 7 nitrogen and oxygen atoms in total. The average Bonchev–Trinajstić information content (AvgIpc) is 2.73. The summed E-state index contributed by atoms with van der Waals surface area (Å²) >= 11 is -2.10. The average molecular weight is 471 g/mol. The zero-order valence-corrected chi connectivity index (χ0v) is 18.9. The van der Waals surface area contributed by atoms with Gasteiger partial charge < -0.3 is 14.0 Å². The fraction of sp³-hybridized carbons (Fsp3) is 0.500. The lowest BCUT2D eigenvalue weighted by atomic mass is 9.94. The van der Waals surface area contributed by atoms with E-state index in [0.29, 0.717) is 35.7 Å². The van der Waals surface area contributed by atoms with Crippen LogP contribution in [-0.4, -0.2) is 38.5 Å². The molecule has 176 valence electrons. The van der Waals surface area contributed by atoms with Crippen molar-refractivity contribution in [3.8, 4) is 22.6 Å². The Morgan fingerprint density at radius 3 is 2.59 bits per heavy atom. The molecule has 3 rings (SSSR count). The molecule has 1 atom stereocenters. The van der Waals surface area contributed by atoms with Crippen LogP contribution in [0.1, 0.15) is 38.2 Å². The standard InChI is InChI=1S/C22H28F2N2O5S/c1-3-30-20-13-21(27)26(2)14-18(20)17-12-15(8-11-25-32(28)29)4-5-19(17)31-16-6-9-22(23,24)10-7-16/h4-5,12-14,16,25H,3,6-11H2,1-2H3,(H,28,29). The Morgan fingerprint density at radius 1 is 1.22 bits per heavy atom. The maximum atomic E-state index is 13.6. The molecule has 0 aliphatic heterocycles. The van der Waals surface area contributed by atoms with Gasteiger partial charge in [-0.15, -0.1) is 0 Å². The monoisotopic (exact) mass is 470 g/mol. The van der Waals surface area contributed by atoms with Crippen LogP contribution in [0.2, 0.25) is 0 Å². The van der Waals surface area contributed by atoms with E-state index in [0.717, 1.165) is 5.56 Å². The van der Waals surface area contributed by atoms with Gasteiger partial charge in [0.05, 0.1) is 12.7 Å². The number of nitrogens with zero attached hydrogens (tertiary/aromatic N) is 1. The van der Waals surface area contributed by atoms with Crippen molar-refractivity contribution in [2.75, 3.05) is 13.2 Å². The molecule has 0 saturated heterocycles. The zero-order valence-electron chi connectivity index (χ0n) is 18.1. The second-order valence-electron chi connectivity index (χ2n) is 7.83. The van der Waals surface area contributed by atoms with Gasteiger partial charge in [-0.05, 0) is 43.9 Å². The number of ether oxygens (including phenoxy) is 2. The highest BCUT2D eigenvalue weighted by Gasteiger charge is 2.36. The normalized spacial score (nSPS) is 17.2. The van der Waals surface area contributed by atoms with Gasteiger partial charge in [0, 0.05) is 49.8 Å². The summed E-state index contributed by atoms with van der Waals surface area (Å²) < 4.78 is 62.6. The minimum atomic E-state index is -2.65. The van der Waals surface area contributed by atoms with Crippen LogP contribution in [-0.2, 0) is 24.7 Å². The van der Waals surface area contributed by atoms with Gasteiger partial charge in [0.25, 0.3) is 5.56 Å². The summed E-state index contributed by atoms with van der Waals surface area (Å²) in [7, 11) is 1.63. The third-order valence-electron chi connectivity index (χ3n) is 5.42. The summed E-state index contributed by atoms with van der Waals surface area (Å²) in [6.45, 7) is 2.46. The second kappa shape index (κ2) is 10.5. The molecule has 32 heavy (non-hydrogen) atoms. The number of rotatable bonds is 9. The van der Waals surface area contributed by atoms with Gasteiger partial charge in [-0.25, -0.2) is 17.7 Å². The van der Waals surface area contributed by atoms with E-state index >= 15 is 0 Å². The molecule has 1 aromatic heterocycles. The molecule has 1 saturated carbocycles. The first-order valence-corrected chi connectivity index (χ1v) is 11.6. The Labute approximate surface area is 188 Å². The van der Waals surface area contributed by atoms with Crippen LogP contribution in [0.25, 0.3) is 11.1 Å². The molecule has 0 bridgehead atoms.